The van der Waals surface area contributed by atoms with Gasteiger partial charge in [-0.15, -0.1) is 0 Å². The molecule has 1 rings (SSSR count). The fourth-order valence-corrected chi connectivity index (χ4v) is 2.14. The summed E-state index contributed by atoms with van der Waals surface area (Å²) in [5.74, 6) is 0. The summed E-state index contributed by atoms with van der Waals surface area (Å²) in [7, 11) is 0. The van der Waals surface area contributed by atoms with Gasteiger partial charge in [0.15, 0.2) is 0 Å². The third-order valence-electron chi connectivity index (χ3n) is 2.74. The molecule has 0 spiro atoms. The van der Waals surface area contributed by atoms with Gasteiger partial charge in [0.1, 0.15) is 4.99 Å². The molecule has 17 heavy (non-hydrogen) atoms. The number of anilines is 1. The second kappa shape index (κ2) is 6.82. The van der Waals surface area contributed by atoms with E-state index in [1.807, 2.05) is 18.2 Å². The summed E-state index contributed by atoms with van der Waals surface area (Å²) in [4.78, 5) is 2.66. The molecule has 0 aliphatic carbocycles. The molecule has 0 atom stereocenters. The van der Waals surface area contributed by atoms with Crippen LogP contribution in [0.5, 0.6) is 0 Å². The average molecular weight is 271 g/mol. The standard InChI is InChI=1S/C13H19ClN2S/c1-3-5-8-16(4-2)12-7-6-10(13(15)17)9-11(12)14/h6-7,9H,3-5,8H2,1-2H3,(H2,15,17). The minimum atomic E-state index is 0.384. The van der Waals surface area contributed by atoms with E-state index in [0.717, 1.165) is 24.3 Å². The van der Waals surface area contributed by atoms with E-state index in [1.54, 1.807) is 0 Å². The molecule has 0 fully saturated rings. The Balaban J connectivity index is 2.92. The minimum absolute atomic E-state index is 0.384. The van der Waals surface area contributed by atoms with Crippen molar-refractivity contribution in [3.8, 4) is 0 Å². The van der Waals surface area contributed by atoms with Gasteiger partial charge in [-0.25, -0.2) is 0 Å². The maximum absolute atomic E-state index is 6.27. The zero-order valence-corrected chi connectivity index (χ0v) is 11.9. The lowest BCUT2D eigenvalue weighted by molar-refractivity contribution is 0.732. The smallest absolute Gasteiger partial charge is 0.104 e. The Hall–Kier alpha value is -0.800. The lowest BCUT2D eigenvalue weighted by Crippen LogP contribution is -2.24. The number of nitrogens with two attached hydrogens (primary N) is 1. The summed E-state index contributed by atoms with van der Waals surface area (Å²) in [6, 6.07) is 5.77. The van der Waals surface area contributed by atoms with Crippen LogP contribution in [-0.4, -0.2) is 18.1 Å². The van der Waals surface area contributed by atoms with E-state index in [0.29, 0.717) is 10.0 Å². The molecule has 94 valence electrons. The van der Waals surface area contributed by atoms with Crippen molar-refractivity contribution in [2.45, 2.75) is 26.7 Å². The summed E-state index contributed by atoms with van der Waals surface area (Å²) < 4.78 is 0. The van der Waals surface area contributed by atoms with Crippen molar-refractivity contribution in [2.24, 2.45) is 5.73 Å². The van der Waals surface area contributed by atoms with Gasteiger partial charge in [0.05, 0.1) is 10.7 Å². The number of nitrogens with zero attached hydrogens (tertiary/aromatic N) is 1. The van der Waals surface area contributed by atoms with E-state index in [1.165, 1.54) is 12.8 Å². The number of unbranched alkanes of at least 4 members (excludes halogenated alkanes) is 1. The zero-order chi connectivity index (χ0) is 12.8. The van der Waals surface area contributed by atoms with Gasteiger partial charge in [-0.1, -0.05) is 37.2 Å². The van der Waals surface area contributed by atoms with Crippen LogP contribution in [0.3, 0.4) is 0 Å². The molecular formula is C13H19ClN2S. The van der Waals surface area contributed by atoms with Crippen molar-refractivity contribution in [1.29, 1.82) is 0 Å². The zero-order valence-electron chi connectivity index (χ0n) is 10.4. The largest absolute Gasteiger partial charge is 0.389 e. The first-order chi connectivity index (χ1) is 8.10. The van der Waals surface area contributed by atoms with Crippen LogP contribution in [0.15, 0.2) is 18.2 Å². The summed E-state index contributed by atoms with van der Waals surface area (Å²) in [5, 5.41) is 0.716. The van der Waals surface area contributed by atoms with Crippen molar-refractivity contribution in [3.63, 3.8) is 0 Å². The monoisotopic (exact) mass is 270 g/mol. The van der Waals surface area contributed by atoms with Crippen LogP contribution >= 0.6 is 23.8 Å². The number of rotatable bonds is 6. The highest BCUT2D eigenvalue weighted by atomic mass is 35.5. The van der Waals surface area contributed by atoms with Crippen LogP contribution in [0.25, 0.3) is 0 Å². The Bertz CT molecular complexity index is 393. The number of benzene rings is 1. The van der Waals surface area contributed by atoms with Crippen LogP contribution < -0.4 is 10.6 Å². The van der Waals surface area contributed by atoms with Gasteiger partial charge in [0.2, 0.25) is 0 Å². The van der Waals surface area contributed by atoms with Gasteiger partial charge in [-0.05, 0) is 31.5 Å². The molecular weight excluding hydrogens is 252 g/mol. The van der Waals surface area contributed by atoms with Gasteiger partial charge in [-0.3, -0.25) is 0 Å². The van der Waals surface area contributed by atoms with Gasteiger partial charge in [0.25, 0.3) is 0 Å². The molecule has 1 aromatic carbocycles. The molecule has 0 heterocycles. The highest BCUT2D eigenvalue weighted by Crippen LogP contribution is 2.27. The van der Waals surface area contributed by atoms with E-state index in [-0.39, 0.29) is 0 Å². The molecule has 0 unspecified atom stereocenters. The highest BCUT2D eigenvalue weighted by Gasteiger charge is 2.09. The minimum Gasteiger partial charge on any atom is -0.389 e. The Morgan fingerprint density at radius 3 is 2.59 bits per heavy atom. The van der Waals surface area contributed by atoms with Crippen molar-refractivity contribution in [1.82, 2.24) is 0 Å². The van der Waals surface area contributed by atoms with Gasteiger partial charge in [0, 0.05) is 18.7 Å². The Kier molecular flexibility index (Phi) is 5.72. The third-order valence-corrected chi connectivity index (χ3v) is 3.27. The molecule has 0 radical (unpaired) electrons. The van der Waals surface area contributed by atoms with E-state index >= 15 is 0 Å². The molecule has 0 saturated heterocycles. The highest BCUT2D eigenvalue weighted by molar-refractivity contribution is 7.80. The SMILES string of the molecule is CCCCN(CC)c1ccc(C(N)=S)cc1Cl. The number of halogens is 1. The second-order valence-electron chi connectivity index (χ2n) is 3.96. The normalized spacial score (nSPS) is 10.3. The molecule has 0 aliphatic rings. The molecule has 0 bridgehead atoms. The predicted molar refractivity (Wildman–Crippen MR) is 80.1 cm³/mol. The first kappa shape index (κ1) is 14.3. The van der Waals surface area contributed by atoms with Crippen LogP contribution in [0.2, 0.25) is 5.02 Å². The third kappa shape index (κ3) is 3.86. The quantitative estimate of drug-likeness (QED) is 0.801. The van der Waals surface area contributed by atoms with Gasteiger partial charge in [-0.2, -0.15) is 0 Å². The number of hydrogen-bond acceptors (Lipinski definition) is 2. The van der Waals surface area contributed by atoms with Crippen LogP contribution in [-0.2, 0) is 0 Å². The van der Waals surface area contributed by atoms with Crippen molar-refractivity contribution in [2.75, 3.05) is 18.0 Å². The summed E-state index contributed by atoms with van der Waals surface area (Å²) >= 11 is 11.2. The molecule has 0 saturated carbocycles. The lowest BCUT2D eigenvalue weighted by Gasteiger charge is -2.24. The van der Waals surface area contributed by atoms with Crippen molar-refractivity contribution in [3.05, 3.63) is 28.8 Å². The van der Waals surface area contributed by atoms with Gasteiger partial charge < -0.3 is 10.6 Å². The lowest BCUT2D eigenvalue weighted by atomic mass is 10.2. The number of thiocarbonyl (C=S) groups is 1. The molecule has 1 aromatic rings. The van der Waals surface area contributed by atoms with E-state index in [9.17, 15) is 0 Å². The molecule has 0 amide bonds. The maximum Gasteiger partial charge on any atom is 0.104 e. The van der Waals surface area contributed by atoms with E-state index in [4.69, 9.17) is 29.6 Å². The molecule has 0 aromatic heterocycles. The Labute approximate surface area is 114 Å². The fourth-order valence-electron chi connectivity index (χ4n) is 1.71. The molecule has 4 heteroatoms. The van der Waals surface area contributed by atoms with Crippen LogP contribution in [0.4, 0.5) is 5.69 Å². The molecule has 2 N–H and O–H groups in total. The maximum atomic E-state index is 6.27. The van der Waals surface area contributed by atoms with Gasteiger partial charge >= 0.3 is 0 Å². The molecule has 0 aliphatic heterocycles. The first-order valence-electron chi connectivity index (χ1n) is 5.94. The van der Waals surface area contributed by atoms with Crippen molar-refractivity contribution >= 4 is 34.5 Å². The van der Waals surface area contributed by atoms with E-state index < -0.39 is 0 Å². The topological polar surface area (TPSA) is 29.3 Å². The summed E-state index contributed by atoms with van der Waals surface area (Å²) in [6.45, 7) is 6.30. The predicted octanol–water partition coefficient (Wildman–Crippen LogP) is 3.60. The van der Waals surface area contributed by atoms with Crippen LogP contribution in [0.1, 0.15) is 32.3 Å². The summed E-state index contributed by atoms with van der Waals surface area (Å²) in [5.41, 5.74) is 7.46. The fraction of sp³-hybridized carbons (Fsp3) is 0.462. The first-order valence-corrected chi connectivity index (χ1v) is 6.73. The van der Waals surface area contributed by atoms with E-state index in [2.05, 4.69) is 18.7 Å². The average Bonchev–Trinajstić information content (AvgIpc) is 2.31. The second-order valence-corrected chi connectivity index (χ2v) is 4.81. The Morgan fingerprint density at radius 2 is 2.12 bits per heavy atom. The Morgan fingerprint density at radius 1 is 1.41 bits per heavy atom. The van der Waals surface area contributed by atoms with Crippen LogP contribution in [0, 0.1) is 0 Å². The number of hydrogen-bond donors (Lipinski definition) is 1. The molecule has 2 nitrogen and oxygen atoms in total. The summed E-state index contributed by atoms with van der Waals surface area (Å²) in [6.07, 6.45) is 2.35. The van der Waals surface area contributed by atoms with Crippen molar-refractivity contribution < 1.29 is 0 Å².